The fourth-order valence-corrected chi connectivity index (χ4v) is 2.54. The second kappa shape index (κ2) is 3.57. The summed E-state index contributed by atoms with van der Waals surface area (Å²) in [7, 11) is -1.09. The molecule has 1 heterocycles. The van der Waals surface area contributed by atoms with Gasteiger partial charge in [-0.3, -0.25) is 0 Å². The summed E-state index contributed by atoms with van der Waals surface area (Å²) in [6.45, 7) is 1.03. The summed E-state index contributed by atoms with van der Waals surface area (Å²) in [6.07, 6.45) is -0.298. The molecule has 0 aliphatic carbocycles. The Morgan fingerprint density at radius 1 is 1.31 bits per heavy atom. The fourth-order valence-electron chi connectivity index (χ4n) is 1.24. The van der Waals surface area contributed by atoms with Crippen LogP contribution in [0.25, 0.3) is 0 Å². The Hall–Kier alpha value is -0.710. The molecule has 1 aliphatic heterocycles. The van der Waals surface area contributed by atoms with E-state index in [9.17, 15) is 4.21 Å². The number of aliphatic hydroxyl groups excluding tert-OH is 1. The van der Waals surface area contributed by atoms with E-state index in [2.05, 4.69) is 0 Å². The molecule has 1 fully saturated rings. The van der Waals surface area contributed by atoms with Gasteiger partial charge in [-0.05, 0) is 12.1 Å². The maximum Gasteiger partial charge on any atom is 0.127 e. The number of rotatable bonds is 2. The first kappa shape index (κ1) is 8.87. The van der Waals surface area contributed by atoms with Gasteiger partial charge in [0.2, 0.25) is 0 Å². The van der Waals surface area contributed by atoms with Crippen molar-refractivity contribution in [3.05, 3.63) is 30.3 Å². The highest BCUT2D eigenvalue weighted by Crippen LogP contribution is 2.16. The Morgan fingerprint density at radius 3 is 2.46 bits per heavy atom. The zero-order valence-electron chi connectivity index (χ0n) is 7.09. The average molecular weight is 197 g/mol. The van der Waals surface area contributed by atoms with E-state index in [4.69, 9.17) is 5.11 Å². The predicted molar refractivity (Wildman–Crippen MR) is 50.4 cm³/mol. The lowest BCUT2D eigenvalue weighted by Crippen LogP contribution is -2.51. The van der Waals surface area contributed by atoms with Crippen LogP contribution >= 0.6 is 0 Å². The molecule has 1 saturated heterocycles. The van der Waals surface area contributed by atoms with Gasteiger partial charge < -0.3 is 5.11 Å². The van der Waals surface area contributed by atoms with Crippen LogP contribution in [0.15, 0.2) is 35.2 Å². The van der Waals surface area contributed by atoms with Gasteiger partial charge >= 0.3 is 0 Å². The van der Waals surface area contributed by atoms with E-state index in [1.165, 1.54) is 0 Å². The maximum absolute atomic E-state index is 11.7. The summed E-state index contributed by atoms with van der Waals surface area (Å²) >= 11 is 0. The molecule has 1 aromatic carbocycles. The number of nitrogens with zero attached hydrogens (tertiary/aromatic N) is 1. The monoisotopic (exact) mass is 197 g/mol. The van der Waals surface area contributed by atoms with Gasteiger partial charge in [-0.15, -0.1) is 0 Å². The lowest BCUT2D eigenvalue weighted by molar-refractivity contribution is 0.0582. The van der Waals surface area contributed by atoms with Crippen molar-refractivity contribution >= 4 is 11.0 Å². The van der Waals surface area contributed by atoms with Crippen molar-refractivity contribution < 1.29 is 9.32 Å². The Labute approximate surface area is 79.6 Å². The first-order chi connectivity index (χ1) is 6.27. The minimum Gasteiger partial charge on any atom is -0.390 e. The molecule has 0 saturated carbocycles. The molecule has 4 heteroatoms. The van der Waals surface area contributed by atoms with Crippen molar-refractivity contribution in [2.24, 2.45) is 0 Å². The van der Waals surface area contributed by atoms with Crippen LogP contribution in [0.2, 0.25) is 0 Å². The van der Waals surface area contributed by atoms with Gasteiger partial charge in [-0.25, -0.2) is 8.51 Å². The van der Waals surface area contributed by atoms with Crippen LogP contribution in [0.1, 0.15) is 0 Å². The normalized spacial score (nSPS) is 21.0. The van der Waals surface area contributed by atoms with Crippen molar-refractivity contribution in [2.45, 2.75) is 11.0 Å². The van der Waals surface area contributed by atoms with Gasteiger partial charge in [0, 0.05) is 13.1 Å². The number of hydrogen-bond donors (Lipinski definition) is 1. The fraction of sp³-hybridized carbons (Fsp3) is 0.333. The third kappa shape index (κ3) is 1.80. The van der Waals surface area contributed by atoms with Crippen LogP contribution in [0, 0.1) is 0 Å². The van der Waals surface area contributed by atoms with Crippen LogP contribution in [-0.4, -0.2) is 32.8 Å². The highest BCUT2D eigenvalue weighted by atomic mass is 32.2. The Balaban J connectivity index is 2.06. The van der Waals surface area contributed by atoms with E-state index >= 15 is 0 Å². The quantitative estimate of drug-likeness (QED) is 0.745. The largest absolute Gasteiger partial charge is 0.390 e. The molecular weight excluding hydrogens is 186 g/mol. The molecule has 1 N–H and O–H groups in total. The third-order valence-corrected chi connectivity index (χ3v) is 3.45. The smallest absolute Gasteiger partial charge is 0.127 e. The summed E-state index contributed by atoms with van der Waals surface area (Å²) in [5, 5.41) is 9.04. The Bertz CT molecular complexity index is 309. The molecule has 70 valence electrons. The summed E-state index contributed by atoms with van der Waals surface area (Å²) < 4.78 is 13.4. The van der Waals surface area contributed by atoms with Crippen molar-refractivity contribution in [2.75, 3.05) is 13.1 Å². The van der Waals surface area contributed by atoms with Gasteiger partial charge in [0.05, 0.1) is 11.0 Å². The van der Waals surface area contributed by atoms with E-state index in [0.717, 1.165) is 4.90 Å². The lowest BCUT2D eigenvalue weighted by atomic mass is 10.2. The molecule has 1 atom stereocenters. The first-order valence-electron chi connectivity index (χ1n) is 4.17. The first-order valence-corrected chi connectivity index (χ1v) is 5.28. The van der Waals surface area contributed by atoms with Gasteiger partial charge in [-0.1, -0.05) is 18.2 Å². The summed E-state index contributed by atoms with van der Waals surface area (Å²) in [4.78, 5) is 0.800. The van der Waals surface area contributed by atoms with Crippen molar-refractivity contribution in [1.82, 2.24) is 4.31 Å². The van der Waals surface area contributed by atoms with E-state index < -0.39 is 11.0 Å². The molecule has 3 nitrogen and oxygen atoms in total. The molecule has 1 unspecified atom stereocenters. The highest BCUT2D eigenvalue weighted by molar-refractivity contribution is 7.82. The maximum atomic E-state index is 11.7. The molecule has 2 rings (SSSR count). The van der Waals surface area contributed by atoms with Gasteiger partial charge in [-0.2, -0.15) is 0 Å². The number of hydrogen-bond acceptors (Lipinski definition) is 2. The molecule has 13 heavy (non-hydrogen) atoms. The van der Waals surface area contributed by atoms with E-state index in [0.29, 0.717) is 13.1 Å². The van der Waals surface area contributed by atoms with Crippen LogP contribution in [-0.2, 0) is 11.0 Å². The third-order valence-electron chi connectivity index (χ3n) is 2.01. The second-order valence-electron chi connectivity index (χ2n) is 3.06. The van der Waals surface area contributed by atoms with Crippen LogP contribution < -0.4 is 0 Å². The van der Waals surface area contributed by atoms with Crippen molar-refractivity contribution in [3.8, 4) is 0 Å². The van der Waals surface area contributed by atoms with E-state index in [1.54, 1.807) is 4.31 Å². The molecule has 0 spiro atoms. The summed E-state index contributed by atoms with van der Waals surface area (Å²) in [5.41, 5.74) is 0. The zero-order valence-corrected chi connectivity index (χ0v) is 7.91. The minimum atomic E-state index is -1.09. The Kier molecular flexibility index (Phi) is 2.44. The van der Waals surface area contributed by atoms with Crippen LogP contribution in [0.4, 0.5) is 0 Å². The van der Waals surface area contributed by atoms with Crippen molar-refractivity contribution in [3.63, 3.8) is 0 Å². The topological polar surface area (TPSA) is 40.5 Å². The predicted octanol–water partition coefficient (Wildman–Crippen LogP) is 0.386. The molecule has 0 bridgehead atoms. The minimum absolute atomic E-state index is 0.298. The van der Waals surface area contributed by atoms with Gasteiger partial charge in [0.25, 0.3) is 0 Å². The van der Waals surface area contributed by atoms with Gasteiger partial charge in [0.1, 0.15) is 11.0 Å². The SMILES string of the molecule is O=S(c1ccccc1)N1CC(O)C1. The summed E-state index contributed by atoms with van der Waals surface area (Å²) in [5.74, 6) is 0. The number of benzene rings is 1. The van der Waals surface area contributed by atoms with Gasteiger partial charge in [0.15, 0.2) is 0 Å². The Morgan fingerprint density at radius 2 is 1.92 bits per heavy atom. The number of β-amino-alcohol motifs (C(OH)–C–C–N with tert-alkyl or cyclic N) is 1. The highest BCUT2D eigenvalue weighted by Gasteiger charge is 2.29. The molecule has 0 aromatic heterocycles. The standard InChI is InChI=1S/C9H11NO2S/c11-8-6-10(7-8)13(12)9-4-2-1-3-5-9/h1-5,8,11H,6-7H2. The van der Waals surface area contributed by atoms with Crippen LogP contribution in [0.5, 0.6) is 0 Å². The molecule has 0 radical (unpaired) electrons. The molecule has 1 aliphatic rings. The average Bonchev–Trinajstić information content (AvgIpc) is 2.13. The summed E-state index contributed by atoms with van der Waals surface area (Å²) in [6, 6.07) is 9.29. The number of aliphatic hydroxyl groups is 1. The van der Waals surface area contributed by atoms with Crippen LogP contribution in [0.3, 0.4) is 0 Å². The molecule has 0 amide bonds. The van der Waals surface area contributed by atoms with E-state index in [1.807, 2.05) is 30.3 Å². The second-order valence-corrected chi connectivity index (χ2v) is 4.55. The van der Waals surface area contributed by atoms with Crippen molar-refractivity contribution in [1.29, 1.82) is 0 Å². The zero-order chi connectivity index (χ0) is 9.26. The molecular formula is C9H11NO2S. The lowest BCUT2D eigenvalue weighted by Gasteiger charge is -2.34. The van der Waals surface area contributed by atoms with E-state index in [-0.39, 0.29) is 6.10 Å². The molecule has 1 aromatic rings.